The van der Waals surface area contributed by atoms with E-state index in [2.05, 4.69) is 56.8 Å². The number of hydrogen-bond acceptors (Lipinski definition) is 7. The van der Waals surface area contributed by atoms with Gasteiger partial charge in [-0.15, -0.1) is 40.1 Å². The number of aromatic amines is 1. The Bertz CT molecular complexity index is 1220. The van der Waals surface area contributed by atoms with Crippen LogP contribution in [0.2, 0.25) is 0 Å². The molecule has 2 atom stereocenters. The van der Waals surface area contributed by atoms with E-state index in [1.54, 1.807) is 18.5 Å². The van der Waals surface area contributed by atoms with Gasteiger partial charge in [-0.05, 0) is 63.8 Å². The molecule has 0 bridgehead atoms. The van der Waals surface area contributed by atoms with Crippen molar-refractivity contribution in [3.8, 4) is 28.1 Å². The summed E-state index contributed by atoms with van der Waals surface area (Å²) in [5.74, 6) is 0.131. The van der Waals surface area contributed by atoms with Crippen molar-refractivity contribution in [3.05, 3.63) is 36.7 Å². The van der Waals surface area contributed by atoms with E-state index in [9.17, 15) is 5.11 Å². The molecular weight excluding hydrogens is 463 g/mol. The van der Waals surface area contributed by atoms with E-state index in [0.717, 1.165) is 30.4 Å². The number of halogens is 2. The van der Waals surface area contributed by atoms with Crippen LogP contribution in [-0.2, 0) is 0 Å². The summed E-state index contributed by atoms with van der Waals surface area (Å²) in [4.78, 5) is 0. The SMILES string of the molecule is CC(C)(C)NC1CCC(n2nnc3cc(-c4ccc(-c5cn[nH]c5)cc4O)nnc32)C1.Cl.Cl. The second kappa shape index (κ2) is 9.62. The average Bonchev–Trinajstić information content (AvgIpc) is 3.47. The van der Waals surface area contributed by atoms with Gasteiger partial charge in [0.2, 0.25) is 5.65 Å². The predicted octanol–water partition coefficient (Wildman–Crippen LogP) is 4.31. The number of fused-ring (bicyclic) bond motifs is 1. The van der Waals surface area contributed by atoms with Crippen LogP contribution in [0.4, 0.5) is 0 Å². The molecule has 1 aromatic carbocycles. The maximum absolute atomic E-state index is 10.6. The van der Waals surface area contributed by atoms with Gasteiger partial charge in [0, 0.05) is 28.9 Å². The van der Waals surface area contributed by atoms with Crippen LogP contribution in [-0.4, -0.2) is 52.1 Å². The molecule has 1 fully saturated rings. The lowest BCUT2D eigenvalue weighted by Gasteiger charge is -2.25. The van der Waals surface area contributed by atoms with Crippen molar-refractivity contribution in [1.29, 1.82) is 0 Å². The minimum absolute atomic E-state index is 0. The maximum atomic E-state index is 10.6. The van der Waals surface area contributed by atoms with Crippen LogP contribution in [0.1, 0.15) is 46.1 Å². The standard InChI is InChI=1S/C22H26N8O.2ClH/c1-22(2,3)25-15-5-6-16(9-15)30-21-19(27-29-30)10-18(26-28-21)17-7-4-13(8-20(17)31)14-11-23-24-12-14;;/h4,7-8,10-12,15-16,25,31H,5-6,9H2,1-3H3,(H,23,24);2*1H. The Morgan fingerprint density at radius 3 is 2.58 bits per heavy atom. The Balaban J connectivity index is 0.00000153. The number of hydrogen-bond donors (Lipinski definition) is 3. The molecule has 3 aromatic heterocycles. The lowest BCUT2D eigenvalue weighted by atomic mass is 10.0. The highest BCUT2D eigenvalue weighted by Crippen LogP contribution is 2.34. The third kappa shape index (κ3) is 5.10. The molecule has 0 spiro atoms. The minimum Gasteiger partial charge on any atom is -0.507 e. The number of benzene rings is 1. The van der Waals surface area contributed by atoms with E-state index in [1.165, 1.54) is 0 Å². The van der Waals surface area contributed by atoms with Crippen LogP contribution in [0, 0.1) is 0 Å². The summed E-state index contributed by atoms with van der Waals surface area (Å²) < 4.78 is 1.90. The summed E-state index contributed by atoms with van der Waals surface area (Å²) in [6.45, 7) is 6.57. The zero-order valence-corrected chi connectivity index (χ0v) is 20.3. The van der Waals surface area contributed by atoms with Gasteiger partial charge in [0.1, 0.15) is 11.3 Å². The predicted molar refractivity (Wildman–Crippen MR) is 132 cm³/mol. The molecule has 11 heteroatoms. The molecule has 1 aliphatic carbocycles. The molecule has 3 heterocycles. The van der Waals surface area contributed by atoms with E-state index in [-0.39, 0.29) is 42.1 Å². The summed E-state index contributed by atoms with van der Waals surface area (Å²) in [6.07, 6.45) is 6.62. The second-order valence-electron chi connectivity index (χ2n) is 9.25. The summed E-state index contributed by atoms with van der Waals surface area (Å²) in [5.41, 5.74) is 4.39. The van der Waals surface area contributed by atoms with Crippen LogP contribution in [0.5, 0.6) is 5.75 Å². The van der Waals surface area contributed by atoms with Gasteiger partial charge in [-0.2, -0.15) is 5.10 Å². The van der Waals surface area contributed by atoms with Gasteiger partial charge in [0.25, 0.3) is 0 Å². The Kier molecular flexibility index (Phi) is 7.26. The van der Waals surface area contributed by atoms with Crippen molar-refractivity contribution in [2.24, 2.45) is 0 Å². The third-order valence-corrected chi connectivity index (χ3v) is 5.71. The van der Waals surface area contributed by atoms with Gasteiger partial charge in [-0.25, -0.2) is 4.68 Å². The molecular formula is C22H28Cl2N8O. The first-order valence-corrected chi connectivity index (χ1v) is 10.6. The average molecular weight is 491 g/mol. The van der Waals surface area contributed by atoms with E-state index in [4.69, 9.17) is 0 Å². The highest BCUT2D eigenvalue weighted by atomic mass is 35.5. The van der Waals surface area contributed by atoms with Crippen molar-refractivity contribution in [1.82, 2.24) is 40.7 Å². The van der Waals surface area contributed by atoms with Crippen LogP contribution in [0.25, 0.3) is 33.5 Å². The number of phenols is 1. The molecule has 0 saturated heterocycles. The van der Waals surface area contributed by atoms with Crippen molar-refractivity contribution < 1.29 is 5.11 Å². The number of nitrogens with zero attached hydrogens (tertiary/aromatic N) is 6. The second-order valence-corrected chi connectivity index (χ2v) is 9.25. The van der Waals surface area contributed by atoms with Gasteiger partial charge < -0.3 is 10.4 Å². The molecule has 1 aliphatic rings. The first kappa shape index (κ1) is 24.9. The van der Waals surface area contributed by atoms with Gasteiger partial charge in [-0.3, -0.25) is 5.10 Å². The number of aromatic hydroxyl groups is 1. The zero-order valence-electron chi connectivity index (χ0n) is 18.7. The molecule has 0 amide bonds. The molecule has 9 nitrogen and oxygen atoms in total. The summed E-state index contributed by atoms with van der Waals surface area (Å²) in [7, 11) is 0. The number of nitrogens with one attached hydrogen (secondary N) is 2. The molecule has 5 rings (SSSR count). The molecule has 1 saturated carbocycles. The Hall–Kier alpha value is -2.75. The fourth-order valence-corrected chi connectivity index (χ4v) is 4.39. The first-order chi connectivity index (χ1) is 14.9. The number of phenolic OH excluding ortho intramolecular Hbond substituents is 1. The Morgan fingerprint density at radius 2 is 1.88 bits per heavy atom. The van der Waals surface area contributed by atoms with Crippen LogP contribution in [0.15, 0.2) is 36.7 Å². The summed E-state index contributed by atoms with van der Waals surface area (Å²) in [5, 5.41) is 38.5. The minimum atomic E-state index is 0. The zero-order chi connectivity index (χ0) is 21.6. The topological polar surface area (TPSA) is 117 Å². The fraction of sp³-hybridized carbons (Fsp3) is 0.409. The fourth-order valence-electron chi connectivity index (χ4n) is 4.39. The molecule has 0 aliphatic heterocycles. The highest BCUT2D eigenvalue weighted by molar-refractivity contribution is 5.85. The molecule has 176 valence electrons. The van der Waals surface area contributed by atoms with Crippen LogP contribution in [0.3, 0.4) is 0 Å². The Morgan fingerprint density at radius 1 is 1.06 bits per heavy atom. The highest BCUT2D eigenvalue weighted by Gasteiger charge is 2.30. The van der Waals surface area contributed by atoms with Crippen molar-refractivity contribution in [2.75, 3.05) is 0 Å². The molecule has 33 heavy (non-hydrogen) atoms. The van der Waals surface area contributed by atoms with E-state index in [1.807, 2.05) is 22.9 Å². The van der Waals surface area contributed by atoms with Crippen LogP contribution < -0.4 is 5.32 Å². The van der Waals surface area contributed by atoms with E-state index in [0.29, 0.717) is 28.5 Å². The summed E-state index contributed by atoms with van der Waals surface area (Å²) >= 11 is 0. The number of rotatable bonds is 4. The molecule has 3 N–H and O–H groups in total. The lowest BCUT2D eigenvalue weighted by molar-refractivity contribution is 0.350. The van der Waals surface area contributed by atoms with Crippen molar-refractivity contribution in [3.63, 3.8) is 0 Å². The Labute approximate surface area is 204 Å². The van der Waals surface area contributed by atoms with Gasteiger partial charge in [0.15, 0.2) is 0 Å². The molecule has 4 aromatic rings. The van der Waals surface area contributed by atoms with Gasteiger partial charge in [-0.1, -0.05) is 11.3 Å². The van der Waals surface area contributed by atoms with E-state index >= 15 is 0 Å². The lowest BCUT2D eigenvalue weighted by Crippen LogP contribution is -2.42. The summed E-state index contributed by atoms with van der Waals surface area (Å²) in [6, 6.07) is 8.00. The maximum Gasteiger partial charge on any atom is 0.201 e. The normalized spacial score (nSPS) is 18.2. The third-order valence-electron chi connectivity index (χ3n) is 5.71. The molecule has 0 radical (unpaired) electrons. The first-order valence-electron chi connectivity index (χ1n) is 10.6. The monoisotopic (exact) mass is 490 g/mol. The number of aromatic nitrogens is 7. The molecule has 2 unspecified atom stereocenters. The van der Waals surface area contributed by atoms with E-state index < -0.39 is 0 Å². The van der Waals surface area contributed by atoms with Gasteiger partial charge in [0.05, 0.1) is 17.9 Å². The van der Waals surface area contributed by atoms with Crippen molar-refractivity contribution in [2.45, 2.75) is 57.7 Å². The van der Waals surface area contributed by atoms with Crippen molar-refractivity contribution >= 4 is 36.0 Å². The quantitative estimate of drug-likeness (QED) is 0.389. The van der Waals surface area contributed by atoms with Crippen LogP contribution >= 0.6 is 24.8 Å². The largest absolute Gasteiger partial charge is 0.507 e. The number of H-pyrrole nitrogens is 1. The smallest absolute Gasteiger partial charge is 0.201 e. The van der Waals surface area contributed by atoms with Gasteiger partial charge >= 0.3 is 0 Å².